The van der Waals surface area contributed by atoms with Gasteiger partial charge in [-0.2, -0.15) is 0 Å². The van der Waals surface area contributed by atoms with Crippen LogP contribution in [0, 0.1) is 0 Å². The maximum Gasteiger partial charge on any atom is 0.110 e. The van der Waals surface area contributed by atoms with Gasteiger partial charge in [0.1, 0.15) is 5.01 Å². The van der Waals surface area contributed by atoms with Crippen molar-refractivity contribution >= 4 is 11.3 Å². The number of hydrogen-bond acceptors (Lipinski definition) is 4. The van der Waals surface area contributed by atoms with Crippen LogP contribution in [0.15, 0.2) is 6.20 Å². The molecule has 0 radical (unpaired) electrons. The van der Waals surface area contributed by atoms with Gasteiger partial charge in [0.05, 0.1) is 6.04 Å². The van der Waals surface area contributed by atoms with E-state index in [9.17, 15) is 0 Å². The molecule has 2 atom stereocenters. The van der Waals surface area contributed by atoms with Crippen molar-refractivity contribution in [2.75, 3.05) is 19.6 Å². The molecule has 0 aromatic carbocycles. The van der Waals surface area contributed by atoms with Gasteiger partial charge in [0.25, 0.3) is 0 Å². The first-order valence-corrected chi connectivity index (χ1v) is 8.48. The Morgan fingerprint density at radius 2 is 2.37 bits per heavy atom. The third-order valence-electron chi connectivity index (χ3n) is 3.97. The third-order valence-corrected chi connectivity index (χ3v) is 5.28. The lowest BCUT2D eigenvalue weighted by Gasteiger charge is -2.28. The van der Waals surface area contributed by atoms with Gasteiger partial charge < -0.3 is 5.32 Å². The molecule has 1 fully saturated rings. The predicted octanol–water partition coefficient (Wildman–Crippen LogP) is 3.23. The molecule has 1 saturated heterocycles. The van der Waals surface area contributed by atoms with Crippen molar-refractivity contribution in [3.8, 4) is 0 Å². The molecular weight excluding hydrogens is 254 g/mol. The molecule has 1 aliphatic rings. The zero-order valence-electron chi connectivity index (χ0n) is 12.5. The van der Waals surface area contributed by atoms with Gasteiger partial charge in [-0.15, -0.1) is 11.3 Å². The Hall–Kier alpha value is -0.450. The number of nitrogens with zero attached hydrogens (tertiary/aromatic N) is 2. The fraction of sp³-hybridized carbons (Fsp3) is 0.800. The van der Waals surface area contributed by atoms with Gasteiger partial charge in [-0.1, -0.05) is 20.3 Å². The lowest BCUT2D eigenvalue weighted by molar-refractivity contribution is 0.203. The van der Waals surface area contributed by atoms with Gasteiger partial charge in [-0.25, -0.2) is 4.98 Å². The summed E-state index contributed by atoms with van der Waals surface area (Å²) in [6, 6.07) is 1.12. The minimum atomic E-state index is 0.463. The van der Waals surface area contributed by atoms with E-state index in [1.807, 2.05) is 11.3 Å². The van der Waals surface area contributed by atoms with E-state index in [4.69, 9.17) is 0 Å². The molecule has 1 aromatic heterocycles. The summed E-state index contributed by atoms with van der Waals surface area (Å²) in [5.41, 5.74) is 0. The van der Waals surface area contributed by atoms with Crippen LogP contribution in [0.1, 0.15) is 56.0 Å². The fourth-order valence-corrected chi connectivity index (χ4v) is 3.70. The monoisotopic (exact) mass is 281 g/mol. The Morgan fingerprint density at radius 1 is 1.53 bits per heavy atom. The molecule has 2 heterocycles. The average Bonchev–Trinajstić information content (AvgIpc) is 2.78. The van der Waals surface area contributed by atoms with Crippen LogP contribution in [0.3, 0.4) is 0 Å². The number of aromatic nitrogens is 1. The summed E-state index contributed by atoms with van der Waals surface area (Å²) in [4.78, 5) is 8.63. The maximum atomic E-state index is 4.62. The molecule has 0 saturated carbocycles. The number of thiazole rings is 1. The second-order valence-corrected chi connectivity index (χ2v) is 6.63. The average molecular weight is 281 g/mol. The Morgan fingerprint density at radius 3 is 3.05 bits per heavy atom. The van der Waals surface area contributed by atoms with Crippen molar-refractivity contribution in [3.05, 3.63) is 16.1 Å². The molecular formula is C15H27N3S. The second-order valence-electron chi connectivity index (χ2n) is 5.48. The molecule has 1 aromatic rings. The van der Waals surface area contributed by atoms with Crippen molar-refractivity contribution < 1.29 is 0 Å². The summed E-state index contributed by atoms with van der Waals surface area (Å²) in [6.45, 7) is 10.3. The Kier molecular flexibility index (Phi) is 5.79. The van der Waals surface area contributed by atoms with Crippen LogP contribution >= 0.6 is 11.3 Å². The Labute approximate surface area is 121 Å². The highest BCUT2D eigenvalue weighted by Crippen LogP contribution is 2.26. The third kappa shape index (κ3) is 4.01. The minimum absolute atomic E-state index is 0.463. The van der Waals surface area contributed by atoms with Gasteiger partial charge in [0.15, 0.2) is 0 Å². The molecule has 0 spiro atoms. The Balaban J connectivity index is 2.01. The summed E-state index contributed by atoms with van der Waals surface area (Å²) < 4.78 is 0. The molecule has 2 rings (SSSR count). The van der Waals surface area contributed by atoms with Crippen molar-refractivity contribution in [2.24, 2.45) is 0 Å². The number of rotatable bonds is 5. The van der Waals surface area contributed by atoms with Gasteiger partial charge in [-0.05, 0) is 32.7 Å². The highest BCUT2D eigenvalue weighted by atomic mass is 32.1. The first kappa shape index (κ1) is 14.9. The van der Waals surface area contributed by atoms with E-state index in [2.05, 4.69) is 42.2 Å². The first-order chi connectivity index (χ1) is 9.24. The summed E-state index contributed by atoms with van der Waals surface area (Å²) in [6.07, 6.45) is 6.94. The zero-order valence-corrected chi connectivity index (χ0v) is 13.3. The molecule has 0 bridgehead atoms. The van der Waals surface area contributed by atoms with Crippen molar-refractivity contribution in [3.63, 3.8) is 0 Å². The largest absolute Gasteiger partial charge is 0.313 e. The molecule has 108 valence electrons. The highest BCUT2D eigenvalue weighted by Gasteiger charge is 2.23. The second kappa shape index (κ2) is 7.36. The normalized spacial score (nSPS) is 23.2. The number of nitrogens with one attached hydrogen (secondary N) is 1. The van der Waals surface area contributed by atoms with Crippen LogP contribution in [-0.4, -0.2) is 35.6 Å². The van der Waals surface area contributed by atoms with E-state index in [-0.39, 0.29) is 0 Å². The van der Waals surface area contributed by atoms with Gasteiger partial charge >= 0.3 is 0 Å². The van der Waals surface area contributed by atoms with E-state index >= 15 is 0 Å². The zero-order chi connectivity index (χ0) is 13.7. The molecule has 0 aliphatic carbocycles. The minimum Gasteiger partial charge on any atom is -0.313 e. The topological polar surface area (TPSA) is 28.2 Å². The molecule has 1 aliphatic heterocycles. The maximum absolute atomic E-state index is 4.62. The van der Waals surface area contributed by atoms with E-state index < -0.39 is 0 Å². The molecule has 4 heteroatoms. The Bertz CT molecular complexity index is 377. The quantitative estimate of drug-likeness (QED) is 0.898. The summed E-state index contributed by atoms with van der Waals surface area (Å²) >= 11 is 1.88. The van der Waals surface area contributed by atoms with E-state index in [1.54, 1.807) is 0 Å². The lowest BCUT2D eigenvalue weighted by atomic mass is 10.1. The molecule has 0 amide bonds. The van der Waals surface area contributed by atoms with Crippen LogP contribution in [0.25, 0.3) is 0 Å². The van der Waals surface area contributed by atoms with E-state index in [1.165, 1.54) is 35.7 Å². The van der Waals surface area contributed by atoms with Gasteiger partial charge in [-0.3, -0.25) is 4.90 Å². The summed E-state index contributed by atoms with van der Waals surface area (Å²) in [7, 11) is 0. The SMILES string of the molecule is CCCC1CN(C(C)c2ncc(CC)s2)CCCN1. The highest BCUT2D eigenvalue weighted by molar-refractivity contribution is 7.11. The summed E-state index contributed by atoms with van der Waals surface area (Å²) in [5.74, 6) is 0. The molecule has 3 nitrogen and oxygen atoms in total. The number of aryl methyl sites for hydroxylation is 1. The summed E-state index contributed by atoms with van der Waals surface area (Å²) in [5, 5.41) is 4.96. The van der Waals surface area contributed by atoms with Gasteiger partial charge in [0, 0.05) is 30.2 Å². The van der Waals surface area contributed by atoms with Crippen LogP contribution in [0.5, 0.6) is 0 Å². The predicted molar refractivity (Wildman–Crippen MR) is 82.8 cm³/mol. The van der Waals surface area contributed by atoms with Gasteiger partial charge in [0.2, 0.25) is 0 Å². The van der Waals surface area contributed by atoms with Crippen LogP contribution < -0.4 is 5.32 Å². The van der Waals surface area contributed by atoms with Crippen LogP contribution in [-0.2, 0) is 6.42 Å². The fourth-order valence-electron chi connectivity index (χ4n) is 2.76. The standard InChI is InChI=1S/C15H27N3S/c1-4-7-13-11-18(9-6-8-16-13)12(3)15-17-10-14(5-2)19-15/h10,12-13,16H,4-9,11H2,1-3H3. The first-order valence-electron chi connectivity index (χ1n) is 7.66. The number of hydrogen-bond donors (Lipinski definition) is 1. The lowest BCUT2D eigenvalue weighted by Crippen LogP contribution is -2.38. The molecule has 19 heavy (non-hydrogen) atoms. The molecule has 2 unspecified atom stereocenters. The molecule has 1 N–H and O–H groups in total. The smallest absolute Gasteiger partial charge is 0.110 e. The van der Waals surface area contributed by atoms with Crippen molar-refractivity contribution in [1.29, 1.82) is 0 Å². The van der Waals surface area contributed by atoms with E-state index in [0.29, 0.717) is 12.1 Å². The van der Waals surface area contributed by atoms with E-state index in [0.717, 1.165) is 19.5 Å². The van der Waals surface area contributed by atoms with Crippen LogP contribution in [0.4, 0.5) is 0 Å². The van der Waals surface area contributed by atoms with Crippen molar-refractivity contribution in [2.45, 2.75) is 58.5 Å². The van der Waals surface area contributed by atoms with Crippen LogP contribution in [0.2, 0.25) is 0 Å². The van der Waals surface area contributed by atoms with Crippen molar-refractivity contribution in [1.82, 2.24) is 15.2 Å².